The molecule has 3 rings (SSSR count). The van der Waals surface area contributed by atoms with Gasteiger partial charge in [-0.3, -0.25) is 4.79 Å². The number of nitrogens with zero attached hydrogens (tertiary/aromatic N) is 3. The van der Waals surface area contributed by atoms with Crippen LogP contribution in [0, 0.1) is 0 Å². The number of halogens is 3. The minimum absolute atomic E-state index is 0.0262. The lowest BCUT2D eigenvalue weighted by Crippen LogP contribution is -2.33. The third-order valence-corrected chi connectivity index (χ3v) is 8.11. The van der Waals surface area contributed by atoms with E-state index >= 15 is 0 Å². The van der Waals surface area contributed by atoms with Gasteiger partial charge in [0, 0.05) is 19.4 Å². The highest BCUT2D eigenvalue weighted by molar-refractivity contribution is 7.97. The fourth-order valence-electron chi connectivity index (χ4n) is 3.77. The largest absolute Gasteiger partial charge is 0.422 e. The summed E-state index contributed by atoms with van der Waals surface area (Å²) in [6.45, 7) is 7.09. The molecule has 2 atom stereocenters. The number of benzene rings is 1. The first-order valence-electron chi connectivity index (χ1n) is 11.3. The molecule has 1 amide bonds. The molecule has 5 nitrogen and oxygen atoms in total. The van der Waals surface area contributed by atoms with Crippen molar-refractivity contribution in [2.75, 3.05) is 18.8 Å². The topological polar surface area (TPSA) is 66.3 Å². The van der Waals surface area contributed by atoms with Gasteiger partial charge in [0.25, 0.3) is 5.03 Å². The zero-order valence-electron chi connectivity index (χ0n) is 19.4. The fourth-order valence-corrected chi connectivity index (χ4v) is 6.20. The molecule has 0 spiro atoms. The monoisotopic (exact) mass is 484 g/mol. The Morgan fingerprint density at radius 2 is 1.82 bits per heavy atom. The number of carbonyl (C=O) groups excluding carboxylic acids is 1. The van der Waals surface area contributed by atoms with Crippen molar-refractivity contribution in [1.82, 2.24) is 15.1 Å². The quantitative estimate of drug-likeness (QED) is 0.582. The minimum atomic E-state index is -4.43. The maximum absolute atomic E-state index is 13.2. The zero-order chi connectivity index (χ0) is 24.4. The number of aryl methyl sites for hydroxylation is 1. The van der Waals surface area contributed by atoms with E-state index in [0.29, 0.717) is 25.3 Å². The Morgan fingerprint density at radius 1 is 1.15 bits per heavy atom. The molecular weight excluding hydrogens is 451 g/mol. The molecule has 1 aromatic carbocycles. The molecule has 1 N–H and O–H groups in total. The number of aliphatic hydroxyl groups excluding tert-OH is 1. The average molecular weight is 485 g/mol. The molecule has 1 aromatic heterocycles. The molecule has 2 heterocycles. The lowest BCUT2D eigenvalue weighted by Gasteiger charge is -2.17. The molecule has 182 valence electrons. The van der Waals surface area contributed by atoms with E-state index in [-0.39, 0.29) is 22.8 Å². The summed E-state index contributed by atoms with van der Waals surface area (Å²) in [7, 11) is -0.655. The number of rotatable bonds is 7. The first-order chi connectivity index (χ1) is 15.7. The predicted molar refractivity (Wildman–Crippen MR) is 125 cm³/mol. The summed E-state index contributed by atoms with van der Waals surface area (Å²) in [6, 6.07) is 9.10. The molecule has 0 radical (unpaired) electrons. The second-order valence-electron chi connectivity index (χ2n) is 7.79. The smallest absolute Gasteiger partial charge is 0.392 e. The van der Waals surface area contributed by atoms with Crippen molar-refractivity contribution in [2.24, 2.45) is 0 Å². The highest BCUT2D eigenvalue weighted by Gasteiger charge is 2.46. The van der Waals surface area contributed by atoms with Crippen LogP contribution in [0.15, 0.2) is 41.6 Å². The Morgan fingerprint density at radius 3 is 2.36 bits per heavy atom. The highest BCUT2D eigenvalue weighted by atomic mass is 32.2. The summed E-state index contributed by atoms with van der Waals surface area (Å²) in [5.41, 5.74) is 1.64. The van der Waals surface area contributed by atoms with E-state index in [1.165, 1.54) is 12.0 Å². The second kappa shape index (κ2) is 12.9. The van der Waals surface area contributed by atoms with Crippen LogP contribution in [0.2, 0.25) is 0 Å². The van der Waals surface area contributed by atoms with Crippen molar-refractivity contribution in [3.63, 3.8) is 0 Å². The maximum atomic E-state index is 13.2. The third kappa shape index (κ3) is 7.71. The summed E-state index contributed by atoms with van der Waals surface area (Å²) in [6.07, 6.45) is 0.0978. The number of aromatic nitrogens is 2. The molecule has 1 aliphatic rings. The molecule has 9 heteroatoms. The number of amides is 1. The normalized spacial score (nSPS) is 16.8. The van der Waals surface area contributed by atoms with Crippen LogP contribution in [-0.2, 0) is 34.9 Å². The Bertz CT molecular complexity index is 878. The van der Waals surface area contributed by atoms with E-state index in [1.54, 1.807) is 11.8 Å². The van der Waals surface area contributed by atoms with Crippen molar-refractivity contribution < 1.29 is 23.1 Å². The Labute approximate surface area is 196 Å². The minimum Gasteiger partial charge on any atom is -0.392 e. The Balaban J connectivity index is 0.000000294. The van der Waals surface area contributed by atoms with Gasteiger partial charge in [0.2, 0.25) is 5.91 Å². The number of likely N-dealkylation sites (tertiary alicyclic amines) is 1. The number of alkyl halides is 3. The molecule has 1 saturated heterocycles. The van der Waals surface area contributed by atoms with Gasteiger partial charge in [-0.2, -0.15) is 18.3 Å². The maximum Gasteiger partial charge on any atom is 0.422 e. The van der Waals surface area contributed by atoms with Crippen molar-refractivity contribution in [1.29, 1.82) is 0 Å². The van der Waals surface area contributed by atoms with Crippen molar-refractivity contribution >= 4 is 16.8 Å². The van der Waals surface area contributed by atoms with Gasteiger partial charge in [-0.25, -0.2) is 0 Å². The Kier molecular flexibility index (Phi) is 10.6. The SMILES string of the molecule is CCC(=O)N1CCC([S+](CC)c2nnccc2C(F)(F)F)C1.CCCc1ccc(CO)cc1. The number of hydrogen-bond donors (Lipinski definition) is 1. The standard InChI is InChI=1S/C14H19F3N3OS.C10H14O/c1-3-12(21)20-8-6-10(9-20)22(4-2)13-11(14(15,16)17)5-7-18-19-13;1-2-3-9-4-6-10(8-11)7-5-9/h5,7,10H,3-4,6,8-9H2,1-2H3;4-7,11H,2-3,8H2,1H3/q+1;. The van der Waals surface area contributed by atoms with Crippen LogP contribution in [0.3, 0.4) is 0 Å². The second-order valence-corrected chi connectivity index (χ2v) is 10.3. The summed E-state index contributed by atoms with van der Waals surface area (Å²) in [4.78, 5) is 13.5. The first-order valence-corrected chi connectivity index (χ1v) is 12.8. The van der Waals surface area contributed by atoms with Gasteiger partial charge in [-0.05, 0) is 30.5 Å². The van der Waals surface area contributed by atoms with Crippen LogP contribution in [0.1, 0.15) is 56.7 Å². The summed E-state index contributed by atoms with van der Waals surface area (Å²) < 4.78 is 39.5. The van der Waals surface area contributed by atoms with Gasteiger partial charge in [0.05, 0.1) is 30.2 Å². The molecule has 0 saturated carbocycles. The van der Waals surface area contributed by atoms with E-state index in [1.807, 2.05) is 19.1 Å². The van der Waals surface area contributed by atoms with E-state index in [9.17, 15) is 18.0 Å². The van der Waals surface area contributed by atoms with Crippen LogP contribution in [0.4, 0.5) is 13.2 Å². The summed E-state index contributed by atoms with van der Waals surface area (Å²) in [5, 5.41) is 16.3. The van der Waals surface area contributed by atoms with Crippen LogP contribution in [0.5, 0.6) is 0 Å². The van der Waals surface area contributed by atoms with E-state index in [2.05, 4.69) is 29.3 Å². The Hall–Kier alpha value is -2.13. The number of carbonyl (C=O) groups is 1. The van der Waals surface area contributed by atoms with E-state index in [0.717, 1.165) is 30.7 Å². The number of aliphatic hydroxyl groups is 1. The van der Waals surface area contributed by atoms with Gasteiger partial charge >= 0.3 is 6.18 Å². The molecule has 1 aliphatic heterocycles. The van der Waals surface area contributed by atoms with Crippen LogP contribution in [-0.4, -0.2) is 50.2 Å². The predicted octanol–water partition coefficient (Wildman–Crippen LogP) is 4.63. The van der Waals surface area contributed by atoms with Crippen LogP contribution < -0.4 is 0 Å². The van der Waals surface area contributed by atoms with Gasteiger partial charge in [0.1, 0.15) is 16.6 Å². The highest BCUT2D eigenvalue weighted by Crippen LogP contribution is 2.36. The molecule has 0 aliphatic carbocycles. The number of hydrogen-bond acceptors (Lipinski definition) is 4. The van der Waals surface area contributed by atoms with Gasteiger partial charge in [-0.15, -0.1) is 0 Å². The molecular formula is C24H33F3N3O2S+. The summed E-state index contributed by atoms with van der Waals surface area (Å²) >= 11 is 0. The molecule has 2 aromatic rings. The van der Waals surface area contributed by atoms with E-state index < -0.39 is 22.6 Å². The fraction of sp³-hybridized carbons (Fsp3) is 0.542. The van der Waals surface area contributed by atoms with Gasteiger partial charge in [0.15, 0.2) is 0 Å². The van der Waals surface area contributed by atoms with Crippen LogP contribution in [0.25, 0.3) is 0 Å². The van der Waals surface area contributed by atoms with E-state index in [4.69, 9.17) is 5.11 Å². The first kappa shape index (κ1) is 27.1. The molecule has 1 fully saturated rings. The lowest BCUT2D eigenvalue weighted by molar-refractivity contribution is -0.140. The molecule has 33 heavy (non-hydrogen) atoms. The summed E-state index contributed by atoms with van der Waals surface area (Å²) in [5.74, 6) is 0.623. The molecule has 0 bridgehead atoms. The van der Waals surface area contributed by atoms with Crippen molar-refractivity contribution in [3.05, 3.63) is 53.2 Å². The van der Waals surface area contributed by atoms with Gasteiger partial charge in [-0.1, -0.05) is 49.6 Å². The van der Waals surface area contributed by atoms with Crippen LogP contribution >= 0.6 is 0 Å². The lowest BCUT2D eigenvalue weighted by atomic mass is 10.1. The van der Waals surface area contributed by atoms with Gasteiger partial charge < -0.3 is 10.0 Å². The zero-order valence-corrected chi connectivity index (χ0v) is 20.3. The van der Waals surface area contributed by atoms with Crippen molar-refractivity contribution in [3.8, 4) is 0 Å². The van der Waals surface area contributed by atoms with Crippen molar-refractivity contribution in [2.45, 2.75) is 69.5 Å². The third-order valence-electron chi connectivity index (χ3n) is 5.50. The average Bonchev–Trinajstić information content (AvgIpc) is 3.30. The molecule has 2 unspecified atom stereocenters.